The van der Waals surface area contributed by atoms with Crippen LogP contribution in [-0.2, 0) is 30.8 Å². The monoisotopic (exact) mass is 282 g/mol. The van der Waals surface area contributed by atoms with E-state index in [1.165, 1.54) is 27.8 Å². The van der Waals surface area contributed by atoms with E-state index in [-0.39, 0.29) is 6.04 Å². The number of hydrogen-bond donors (Lipinski definition) is 2. The number of hydrogen-bond acceptors (Lipinski definition) is 3. The predicted octanol–water partition coefficient (Wildman–Crippen LogP) is 3.03. The normalized spacial score (nSPS) is 15.0. The van der Waals surface area contributed by atoms with Gasteiger partial charge in [0.05, 0.1) is 13.2 Å². The molecule has 0 saturated heterocycles. The third-order valence-electron chi connectivity index (χ3n) is 4.22. The first-order valence-corrected chi connectivity index (χ1v) is 7.53. The van der Waals surface area contributed by atoms with Crippen molar-refractivity contribution in [1.29, 1.82) is 0 Å². The van der Waals surface area contributed by atoms with Crippen LogP contribution < -0.4 is 11.3 Å². The maximum Gasteiger partial charge on any atom is 0.0725 e. The zero-order chi connectivity index (χ0) is 14.7. The third-order valence-corrected chi connectivity index (χ3v) is 4.22. The van der Waals surface area contributed by atoms with Crippen molar-refractivity contribution in [3.8, 4) is 0 Å². The highest BCUT2D eigenvalue weighted by molar-refractivity contribution is 5.35. The molecule has 3 rings (SSSR count). The summed E-state index contributed by atoms with van der Waals surface area (Å²) in [5, 5.41) is 0. The van der Waals surface area contributed by atoms with Crippen LogP contribution in [0.3, 0.4) is 0 Å². The van der Waals surface area contributed by atoms with E-state index in [4.69, 9.17) is 10.6 Å². The second kappa shape index (κ2) is 6.39. The fourth-order valence-electron chi connectivity index (χ4n) is 2.83. The summed E-state index contributed by atoms with van der Waals surface area (Å²) in [6.07, 6.45) is 1.96. The smallest absolute Gasteiger partial charge is 0.0725 e. The number of benzene rings is 2. The van der Waals surface area contributed by atoms with Gasteiger partial charge in [-0.15, -0.1) is 0 Å². The van der Waals surface area contributed by atoms with Gasteiger partial charge < -0.3 is 4.74 Å². The van der Waals surface area contributed by atoms with E-state index in [1.807, 2.05) is 0 Å². The van der Waals surface area contributed by atoms with Gasteiger partial charge in [0.2, 0.25) is 0 Å². The summed E-state index contributed by atoms with van der Waals surface area (Å²) in [6.45, 7) is 3.62. The van der Waals surface area contributed by atoms with Crippen LogP contribution in [0.5, 0.6) is 0 Å². The largest absolute Gasteiger partial charge is 0.372 e. The average Bonchev–Trinajstić information content (AvgIpc) is 3.00. The molecule has 1 aliphatic rings. The van der Waals surface area contributed by atoms with E-state index in [0.29, 0.717) is 6.61 Å². The van der Waals surface area contributed by atoms with Gasteiger partial charge in [-0.3, -0.25) is 11.3 Å². The molecule has 2 aromatic carbocycles. The van der Waals surface area contributed by atoms with Crippen LogP contribution in [0.2, 0.25) is 0 Å². The molecule has 0 fully saturated rings. The molecule has 21 heavy (non-hydrogen) atoms. The first-order chi connectivity index (χ1) is 10.3. The van der Waals surface area contributed by atoms with Gasteiger partial charge in [0.25, 0.3) is 0 Å². The molecule has 0 radical (unpaired) electrons. The summed E-state index contributed by atoms with van der Waals surface area (Å²) in [5.41, 5.74) is 9.41. The van der Waals surface area contributed by atoms with Crippen molar-refractivity contribution in [3.63, 3.8) is 0 Å². The van der Waals surface area contributed by atoms with Crippen LogP contribution in [0.1, 0.15) is 40.8 Å². The van der Waals surface area contributed by atoms with Gasteiger partial charge in [0.15, 0.2) is 0 Å². The molecule has 1 aliphatic heterocycles. The Bertz CT molecular complexity index is 607. The van der Waals surface area contributed by atoms with Gasteiger partial charge in [0.1, 0.15) is 0 Å². The van der Waals surface area contributed by atoms with Crippen molar-refractivity contribution in [2.45, 2.75) is 39.0 Å². The molecular weight excluding hydrogens is 260 g/mol. The minimum absolute atomic E-state index is 0.128. The number of aryl methyl sites for hydroxylation is 1. The lowest BCUT2D eigenvalue weighted by Crippen LogP contribution is -2.29. The van der Waals surface area contributed by atoms with Gasteiger partial charge in [-0.2, -0.15) is 0 Å². The molecule has 1 heterocycles. The predicted molar refractivity (Wildman–Crippen MR) is 84.5 cm³/mol. The Balaban J connectivity index is 1.78. The van der Waals surface area contributed by atoms with E-state index in [9.17, 15) is 0 Å². The maximum atomic E-state index is 5.77. The Hall–Kier alpha value is -1.68. The van der Waals surface area contributed by atoms with Crippen molar-refractivity contribution >= 4 is 0 Å². The lowest BCUT2D eigenvalue weighted by Gasteiger charge is -2.17. The molecule has 0 saturated carbocycles. The molecule has 0 amide bonds. The lowest BCUT2D eigenvalue weighted by molar-refractivity contribution is 0.134. The Morgan fingerprint density at radius 2 is 1.76 bits per heavy atom. The van der Waals surface area contributed by atoms with Crippen LogP contribution in [0.25, 0.3) is 0 Å². The molecule has 1 atom stereocenters. The number of ether oxygens (including phenoxy) is 1. The van der Waals surface area contributed by atoms with Gasteiger partial charge in [0, 0.05) is 6.04 Å². The van der Waals surface area contributed by atoms with E-state index in [1.54, 1.807) is 0 Å². The van der Waals surface area contributed by atoms with Crippen molar-refractivity contribution in [1.82, 2.24) is 5.43 Å². The second-order valence-corrected chi connectivity index (χ2v) is 5.61. The first-order valence-electron chi connectivity index (χ1n) is 7.53. The van der Waals surface area contributed by atoms with Gasteiger partial charge in [-0.25, -0.2) is 0 Å². The summed E-state index contributed by atoms with van der Waals surface area (Å²) < 4.78 is 5.48. The molecule has 3 N–H and O–H groups in total. The average molecular weight is 282 g/mol. The lowest BCUT2D eigenvalue weighted by atomic mass is 9.96. The maximum absolute atomic E-state index is 5.77. The molecule has 0 bridgehead atoms. The zero-order valence-corrected chi connectivity index (χ0v) is 12.4. The van der Waals surface area contributed by atoms with Gasteiger partial charge >= 0.3 is 0 Å². The van der Waals surface area contributed by atoms with Crippen LogP contribution in [0.4, 0.5) is 0 Å². The molecule has 2 aromatic rings. The number of hydrazine groups is 1. The molecule has 0 aliphatic carbocycles. The SMILES string of the molecule is CCc1ccc(CC(NN)c2ccc3c(c2)COC3)cc1. The van der Waals surface area contributed by atoms with Gasteiger partial charge in [-0.1, -0.05) is 49.4 Å². The van der Waals surface area contributed by atoms with E-state index in [2.05, 4.69) is 54.8 Å². The first kappa shape index (κ1) is 14.3. The summed E-state index contributed by atoms with van der Waals surface area (Å²) in [7, 11) is 0. The summed E-state index contributed by atoms with van der Waals surface area (Å²) >= 11 is 0. The molecule has 0 aromatic heterocycles. The molecule has 110 valence electrons. The number of nitrogens with one attached hydrogen (secondary N) is 1. The number of rotatable bonds is 5. The highest BCUT2D eigenvalue weighted by Gasteiger charge is 2.16. The van der Waals surface area contributed by atoms with Crippen molar-refractivity contribution < 1.29 is 4.74 Å². The molecular formula is C18H22N2O. The van der Waals surface area contributed by atoms with Crippen LogP contribution in [0, 0.1) is 0 Å². The standard InChI is InChI=1S/C18H22N2O/c1-2-13-3-5-14(6-4-13)9-18(20-19)15-7-8-16-11-21-12-17(16)10-15/h3-8,10,18,20H,2,9,11-12,19H2,1H3. The summed E-state index contributed by atoms with van der Waals surface area (Å²) in [4.78, 5) is 0. The highest BCUT2D eigenvalue weighted by Crippen LogP contribution is 2.25. The fraction of sp³-hybridized carbons (Fsp3) is 0.333. The third kappa shape index (κ3) is 3.16. The van der Waals surface area contributed by atoms with Crippen molar-refractivity contribution in [2.75, 3.05) is 0 Å². The Morgan fingerprint density at radius 1 is 1.05 bits per heavy atom. The quantitative estimate of drug-likeness (QED) is 0.654. The second-order valence-electron chi connectivity index (χ2n) is 5.61. The van der Waals surface area contributed by atoms with Crippen molar-refractivity contribution in [2.24, 2.45) is 5.84 Å². The Labute approximate surface area is 126 Å². The zero-order valence-electron chi connectivity index (χ0n) is 12.4. The molecule has 3 nitrogen and oxygen atoms in total. The van der Waals surface area contributed by atoms with Crippen LogP contribution in [0.15, 0.2) is 42.5 Å². The van der Waals surface area contributed by atoms with E-state index in [0.717, 1.165) is 19.4 Å². The molecule has 0 spiro atoms. The molecule has 1 unspecified atom stereocenters. The minimum atomic E-state index is 0.128. The van der Waals surface area contributed by atoms with E-state index < -0.39 is 0 Å². The van der Waals surface area contributed by atoms with Crippen LogP contribution >= 0.6 is 0 Å². The fourth-order valence-corrected chi connectivity index (χ4v) is 2.83. The number of nitrogens with two attached hydrogens (primary N) is 1. The Morgan fingerprint density at radius 3 is 2.48 bits per heavy atom. The highest BCUT2D eigenvalue weighted by atomic mass is 16.5. The number of fused-ring (bicyclic) bond motifs is 1. The van der Waals surface area contributed by atoms with Gasteiger partial charge in [-0.05, 0) is 40.7 Å². The molecule has 3 heteroatoms. The Kier molecular flexibility index (Phi) is 4.34. The van der Waals surface area contributed by atoms with E-state index >= 15 is 0 Å². The summed E-state index contributed by atoms with van der Waals surface area (Å²) in [5.74, 6) is 5.77. The minimum Gasteiger partial charge on any atom is -0.372 e. The van der Waals surface area contributed by atoms with Crippen LogP contribution in [-0.4, -0.2) is 0 Å². The summed E-state index contributed by atoms with van der Waals surface area (Å²) in [6, 6.07) is 15.4. The topological polar surface area (TPSA) is 47.3 Å². The van der Waals surface area contributed by atoms with Crippen molar-refractivity contribution in [3.05, 3.63) is 70.3 Å².